The molecule has 2 N–H and O–H groups in total. The van der Waals surface area contributed by atoms with E-state index in [0.29, 0.717) is 17.7 Å². The van der Waals surface area contributed by atoms with Crippen molar-refractivity contribution in [3.63, 3.8) is 0 Å². The summed E-state index contributed by atoms with van der Waals surface area (Å²) >= 11 is 5.74. The molecule has 100 valence electrons. The maximum atomic E-state index is 5.74. The summed E-state index contributed by atoms with van der Waals surface area (Å²) in [7, 11) is 0. The van der Waals surface area contributed by atoms with E-state index in [0.717, 1.165) is 24.5 Å². The number of aliphatic imine (C=N–C) groups is 1. The van der Waals surface area contributed by atoms with Gasteiger partial charge in [0.25, 0.3) is 0 Å². The Hall–Kier alpha value is -1.29. The summed E-state index contributed by atoms with van der Waals surface area (Å²) in [5.74, 6) is 0.835. The van der Waals surface area contributed by atoms with Crippen LogP contribution in [0.5, 0.6) is 0 Å². The first kappa shape index (κ1) is 14.8. The van der Waals surface area contributed by atoms with Crippen LogP contribution in [0.15, 0.2) is 23.3 Å². The first-order chi connectivity index (χ1) is 8.65. The fourth-order valence-corrected chi connectivity index (χ4v) is 1.44. The van der Waals surface area contributed by atoms with Gasteiger partial charge in [-0.3, -0.25) is 0 Å². The van der Waals surface area contributed by atoms with Crippen molar-refractivity contribution in [3.8, 4) is 0 Å². The molecule has 0 saturated heterocycles. The molecule has 1 rings (SSSR count). The zero-order chi connectivity index (χ0) is 13.4. The Morgan fingerprint density at radius 2 is 2.22 bits per heavy atom. The topological polar surface area (TPSA) is 49.3 Å². The lowest BCUT2D eigenvalue weighted by molar-refractivity contribution is 0.624. The Bertz CT molecular complexity index is 375. The number of nitrogens with one attached hydrogen (secondary N) is 2. The summed E-state index contributed by atoms with van der Waals surface area (Å²) < 4.78 is 0. The zero-order valence-corrected chi connectivity index (χ0v) is 12.0. The number of aromatic nitrogens is 1. The Kier molecular flexibility index (Phi) is 6.50. The molecule has 4 nitrogen and oxygen atoms in total. The predicted octanol–water partition coefficient (Wildman–Crippen LogP) is 2.59. The molecule has 0 amide bonds. The summed E-state index contributed by atoms with van der Waals surface area (Å²) in [5, 5.41) is 7.07. The largest absolute Gasteiger partial charge is 0.357 e. The van der Waals surface area contributed by atoms with Crippen molar-refractivity contribution < 1.29 is 0 Å². The first-order valence-corrected chi connectivity index (χ1v) is 6.68. The number of hydrogen-bond donors (Lipinski definition) is 2. The third kappa shape index (κ3) is 5.36. The Balaban J connectivity index is 2.61. The standard InChI is InChI=1S/C13H21ClN4/c1-4-10(3)18-13(15-5-2)17-9-11-6-7-12(14)16-8-11/h6-8,10H,4-5,9H2,1-3H3,(H2,15,17,18). The summed E-state index contributed by atoms with van der Waals surface area (Å²) in [4.78, 5) is 8.55. The van der Waals surface area contributed by atoms with Gasteiger partial charge >= 0.3 is 0 Å². The predicted molar refractivity (Wildman–Crippen MR) is 77.0 cm³/mol. The fourth-order valence-electron chi connectivity index (χ4n) is 1.33. The quantitative estimate of drug-likeness (QED) is 0.490. The molecule has 0 aliphatic heterocycles. The van der Waals surface area contributed by atoms with Gasteiger partial charge in [0.1, 0.15) is 5.15 Å². The SMILES string of the molecule is CCNC(=NCc1ccc(Cl)nc1)NC(C)CC. The molecule has 0 fully saturated rings. The lowest BCUT2D eigenvalue weighted by atomic mass is 10.3. The van der Waals surface area contributed by atoms with Gasteiger partial charge in [-0.25, -0.2) is 9.98 Å². The minimum absolute atomic E-state index is 0.408. The van der Waals surface area contributed by atoms with Crippen LogP contribution < -0.4 is 10.6 Å². The van der Waals surface area contributed by atoms with Crippen molar-refractivity contribution in [3.05, 3.63) is 29.0 Å². The van der Waals surface area contributed by atoms with Gasteiger partial charge in [-0.05, 0) is 31.9 Å². The molecule has 1 atom stereocenters. The molecular weight excluding hydrogens is 248 g/mol. The van der Waals surface area contributed by atoms with Crippen molar-refractivity contribution in [1.82, 2.24) is 15.6 Å². The van der Waals surface area contributed by atoms with E-state index in [9.17, 15) is 0 Å². The van der Waals surface area contributed by atoms with Crippen molar-refractivity contribution in [2.45, 2.75) is 39.8 Å². The van der Waals surface area contributed by atoms with Gasteiger partial charge in [-0.15, -0.1) is 0 Å². The van der Waals surface area contributed by atoms with Gasteiger partial charge in [0.2, 0.25) is 0 Å². The summed E-state index contributed by atoms with van der Waals surface area (Å²) in [6.45, 7) is 7.77. The molecular formula is C13H21ClN4. The van der Waals surface area contributed by atoms with E-state index in [2.05, 4.69) is 41.4 Å². The number of pyridine rings is 1. The molecule has 1 heterocycles. The minimum Gasteiger partial charge on any atom is -0.357 e. The molecule has 0 aliphatic carbocycles. The average molecular weight is 269 g/mol. The molecule has 0 aliphatic rings. The molecule has 1 aromatic rings. The Labute approximate surface area is 114 Å². The molecule has 5 heteroatoms. The maximum absolute atomic E-state index is 5.74. The van der Waals surface area contributed by atoms with Crippen LogP contribution in [0.3, 0.4) is 0 Å². The van der Waals surface area contributed by atoms with Gasteiger partial charge in [0.15, 0.2) is 5.96 Å². The van der Waals surface area contributed by atoms with E-state index in [1.165, 1.54) is 0 Å². The minimum atomic E-state index is 0.408. The second-order valence-corrected chi connectivity index (χ2v) is 4.53. The smallest absolute Gasteiger partial charge is 0.191 e. The Morgan fingerprint density at radius 1 is 1.44 bits per heavy atom. The number of guanidine groups is 1. The van der Waals surface area contributed by atoms with Crippen LogP contribution in [0.2, 0.25) is 5.15 Å². The van der Waals surface area contributed by atoms with Crippen LogP contribution in [0.1, 0.15) is 32.8 Å². The molecule has 0 aromatic carbocycles. The summed E-state index contributed by atoms with van der Waals surface area (Å²) in [5.41, 5.74) is 1.04. The van der Waals surface area contributed by atoms with E-state index in [-0.39, 0.29) is 0 Å². The van der Waals surface area contributed by atoms with Crippen LogP contribution in [0.25, 0.3) is 0 Å². The van der Waals surface area contributed by atoms with Crippen LogP contribution in [0.4, 0.5) is 0 Å². The molecule has 0 spiro atoms. The second kappa shape index (κ2) is 7.93. The van der Waals surface area contributed by atoms with Crippen LogP contribution in [-0.2, 0) is 6.54 Å². The highest BCUT2D eigenvalue weighted by molar-refractivity contribution is 6.29. The molecule has 1 aromatic heterocycles. The van der Waals surface area contributed by atoms with Crippen molar-refractivity contribution >= 4 is 17.6 Å². The third-order valence-corrected chi connectivity index (χ3v) is 2.77. The highest BCUT2D eigenvalue weighted by atomic mass is 35.5. The lowest BCUT2D eigenvalue weighted by Crippen LogP contribution is -2.41. The van der Waals surface area contributed by atoms with Gasteiger partial charge < -0.3 is 10.6 Å². The molecule has 0 saturated carbocycles. The molecule has 0 radical (unpaired) electrons. The highest BCUT2D eigenvalue weighted by Gasteiger charge is 2.02. The molecule has 0 bridgehead atoms. The molecule has 18 heavy (non-hydrogen) atoms. The lowest BCUT2D eigenvalue weighted by Gasteiger charge is -2.16. The van der Waals surface area contributed by atoms with Crippen molar-refractivity contribution in [1.29, 1.82) is 0 Å². The number of nitrogens with zero attached hydrogens (tertiary/aromatic N) is 2. The van der Waals surface area contributed by atoms with E-state index in [1.54, 1.807) is 12.3 Å². The van der Waals surface area contributed by atoms with Crippen molar-refractivity contribution in [2.24, 2.45) is 4.99 Å². The summed E-state index contributed by atoms with van der Waals surface area (Å²) in [6.07, 6.45) is 2.81. The number of halogens is 1. The Morgan fingerprint density at radius 3 is 2.78 bits per heavy atom. The fraction of sp³-hybridized carbons (Fsp3) is 0.538. The van der Waals surface area contributed by atoms with Crippen molar-refractivity contribution in [2.75, 3.05) is 6.54 Å². The number of hydrogen-bond acceptors (Lipinski definition) is 2. The third-order valence-electron chi connectivity index (χ3n) is 2.55. The molecule has 1 unspecified atom stereocenters. The van der Waals surface area contributed by atoms with E-state index in [1.807, 2.05) is 6.07 Å². The average Bonchev–Trinajstić information content (AvgIpc) is 2.38. The number of rotatable bonds is 5. The van der Waals surface area contributed by atoms with Gasteiger partial charge in [0.05, 0.1) is 6.54 Å². The van der Waals surface area contributed by atoms with Gasteiger partial charge in [-0.1, -0.05) is 24.6 Å². The second-order valence-electron chi connectivity index (χ2n) is 4.14. The first-order valence-electron chi connectivity index (χ1n) is 6.31. The van der Waals surface area contributed by atoms with Crippen LogP contribution in [-0.4, -0.2) is 23.5 Å². The maximum Gasteiger partial charge on any atom is 0.191 e. The normalized spacial score (nSPS) is 13.2. The highest BCUT2D eigenvalue weighted by Crippen LogP contribution is 2.06. The van der Waals surface area contributed by atoms with Gasteiger partial charge in [-0.2, -0.15) is 0 Å². The monoisotopic (exact) mass is 268 g/mol. The van der Waals surface area contributed by atoms with E-state index in [4.69, 9.17) is 11.6 Å². The van der Waals surface area contributed by atoms with Gasteiger partial charge in [0, 0.05) is 18.8 Å². The van der Waals surface area contributed by atoms with Crippen LogP contribution in [0, 0.1) is 0 Å². The van der Waals surface area contributed by atoms with E-state index < -0.39 is 0 Å². The van der Waals surface area contributed by atoms with E-state index >= 15 is 0 Å². The van der Waals surface area contributed by atoms with Crippen LogP contribution >= 0.6 is 11.6 Å². The zero-order valence-electron chi connectivity index (χ0n) is 11.2. The summed E-state index contributed by atoms with van der Waals surface area (Å²) in [6, 6.07) is 4.12.